The van der Waals surface area contributed by atoms with Crippen molar-refractivity contribution in [2.45, 2.75) is 81.7 Å². The normalized spacial score (nSPS) is 33.5. The second kappa shape index (κ2) is 6.52. The van der Waals surface area contributed by atoms with Crippen molar-refractivity contribution in [3.63, 3.8) is 0 Å². The maximum Gasteiger partial charge on any atom is 0.298 e. The lowest BCUT2D eigenvalue weighted by molar-refractivity contribution is 0.0225. The van der Waals surface area contributed by atoms with Crippen molar-refractivity contribution in [1.82, 2.24) is 0 Å². The second-order valence-corrected chi connectivity index (χ2v) is 8.30. The van der Waals surface area contributed by atoms with Crippen LogP contribution in [0.1, 0.15) is 64.7 Å². The zero-order valence-electron chi connectivity index (χ0n) is 12.6. The molecule has 1 aliphatic heterocycles. The summed E-state index contributed by atoms with van der Waals surface area (Å²) in [6.07, 6.45) is 8.83. The summed E-state index contributed by atoms with van der Waals surface area (Å²) in [6.45, 7) is 1.94. The predicted molar refractivity (Wildman–Crippen MR) is 81.4 cm³/mol. The zero-order valence-corrected chi connectivity index (χ0v) is 13.4. The van der Waals surface area contributed by atoms with Gasteiger partial charge in [0.25, 0.3) is 16.0 Å². The average Bonchev–Trinajstić information content (AvgIpc) is 2.38. The van der Waals surface area contributed by atoms with Gasteiger partial charge in [-0.3, -0.25) is 0 Å². The summed E-state index contributed by atoms with van der Waals surface area (Å²) in [6, 6.07) is -0.205. The van der Waals surface area contributed by atoms with Crippen molar-refractivity contribution < 1.29 is 18.3 Å². The summed E-state index contributed by atoms with van der Waals surface area (Å²) < 4.78 is 31.5. The summed E-state index contributed by atoms with van der Waals surface area (Å²) in [5, 5.41) is 8.91. The highest BCUT2D eigenvalue weighted by atomic mass is 32.2. The fourth-order valence-corrected chi connectivity index (χ4v) is 4.69. The minimum Gasteiger partial charge on any atom is -0.460 e. The van der Waals surface area contributed by atoms with Crippen LogP contribution in [0.3, 0.4) is 0 Å². The Morgan fingerprint density at radius 3 is 2.38 bits per heavy atom. The fourth-order valence-electron chi connectivity index (χ4n) is 3.22. The van der Waals surface area contributed by atoms with Gasteiger partial charge in [0.2, 0.25) is 0 Å². The van der Waals surface area contributed by atoms with Gasteiger partial charge in [-0.2, -0.15) is 0 Å². The van der Waals surface area contributed by atoms with Crippen LogP contribution in [0.15, 0.2) is 4.40 Å². The number of fused-ring (bicyclic) bond motifs is 1. The van der Waals surface area contributed by atoms with Gasteiger partial charge in [-0.15, -0.1) is 4.40 Å². The molecule has 122 valence electrons. The van der Waals surface area contributed by atoms with Crippen LogP contribution in [0, 0.1) is 0 Å². The van der Waals surface area contributed by atoms with E-state index in [1.165, 1.54) is 19.3 Å². The van der Waals surface area contributed by atoms with Crippen LogP contribution in [0.2, 0.25) is 0 Å². The van der Waals surface area contributed by atoms with E-state index in [0.29, 0.717) is 6.42 Å². The highest BCUT2D eigenvalue weighted by Crippen LogP contribution is 2.30. The molecule has 0 spiro atoms. The summed E-state index contributed by atoms with van der Waals surface area (Å²) in [7, 11) is -3.39. The Kier molecular flexibility index (Phi) is 5.14. The van der Waals surface area contributed by atoms with E-state index in [2.05, 4.69) is 4.40 Å². The topological polar surface area (TPSA) is 102 Å². The van der Waals surface area contributed by atoms with Crippen molar-refractivity contribution in [3.05, 3.63) is 0 Å². The smallest absolute Gasteiger partial charge is 0.298 e. The van der Waals surface area contributed by atoms with Crippen molar-refractivity contribution in [2.24, 2.45) is 10.1 Å². The van der Waals surface area contributed by atoms with Crippen LogP contribution >= 0.6 is 0 Å². The third-order valence-electron chi connectivity index (χ3n) is 4.44. The first-order valence-corrected chi connectivity index (χ1v) is 9.29. The van der Waals surface area contributed by atoms with E-state index in [4.69, 9.17) is 10.5 Å². The molecule has 7 heteroatoms. The molecule has 0 saturated heterocycles. The van der Waals surface area contributed by atoms with Crippen LogP contribution in [0.5, 0.6) is 0 Å². The number of sulfonamides is 1. The molecule has 21 heavy (non-hydrogen) atoms. The first-order valence-electron chi connectivity index (χ1n) is 7.78. The van der Waals surface area contributed by atoms with E-state index < -0.39 is 15.3 Å². The maximum atomic E-state index is 11.5. The standard InChI is InChI=1S/C7H12N2O3S.C7H14O/c8-7-9-13(10,11)6-4-2-1-3-5(6)12-7;1-7(8)5-3-2-4-6-7/h5-6H,1-4H2,(H2,8,9);8H,2-6H2,1H3. The first-order chi connectivity index (χ1) is 9.80. The number of nitrogens with zero attached hydrogens (tertiary/aromatic N) is 1. The number of aliphatic hydroxyl groups is 1. The van der Waals surface area contributed by atoms with E-state index in [-0.39, 0.29) is 17.7 Å². The molecule has 2 atom stereocenters. The highest BCUT2D eigenvalue weighted by molar-refractivity contribution is 7.91. The van der Waals surface area contributed by atoms with Gasteiger partial charge in [-0.05, 0) is 39.0 Å². The molecule has 0 aromatic rings. The maximum absolute atomic E-state index is 11.5. The molecule has 2 fully saturated rings. The highest BCUT2D eigenvalue weighted by Gasteiger charge is 2.40. The van der Waals surface area contributed by atoms with Gasteiger partial charge in [0.1, 0.15) is 11.4 Å². The Bertz CT molecular complexity index is 479. The molecule has 0 aromatic carbocycles. The lowest BCUT2D eigenvalue weighted by Crippen LogP contribution is -2.45. The molecule has 3 N–H and O–H groups in total. The molecule has 1 heterocycles. The van der Waals surface area contributed by atoms with Gasteiger partial charge >= 0.3 is 0 Å². The van der Waals surface area contributed by atoms with Crippen molar-refractivity contribution >= 4 is 16.0 Å². The summed E-state index contributed by atoms with van der Waals surface area (Å²) >= 11 is 0. The van der Waals surface area contributed by atoms with Crippen LogP contribution in [-0.4, -0.2) is 36.5 Å². The summed E-state index contributed by atoms with van der Waals surface area (Å²) in [5.74, 6) is 0. The van der Waals surface area contributed by atoms with Crippen LogP contribution in [0.25, 0.3) is 0 Å². The molecule has 0 aromatic heterocycles. The van der Waals surface area contributed by atoms with E-state index in [0.717, 1.165) is 32.1 Å². The molecular weight excluding hydrogens is 292 g/mol. The molecular formula is C14H26N2O4S. The molecule has 2 aliphatic carbocycles. The average molecular weight is 318 g/mol. The van der Waals surface area contributed by atoms with Crippen LogP contribution in [0.4, 0.5) is 0 Å². The molecule has 6 nitrogen and oxygen atoms in total. The monoisotopic (exact) mass is 318 g/mol. The Morgan fingerprint density at radius 1 is 1.19 bits per heavy atom. The van der Waals surface area contributed by atoms with Gasteiger partial charge in [-0.1, -0.05) is 25.7 Å². The predicted octanol–water partition coefficient (Wildman–Crippen LogP) is 1.67. The van der Waals surface area contributed by atoms with E-state index >= 15 is 0 Å². The Morgan fingerprint density at radius 2 is 1.81 bits per heavy atom. The van der Waals surface area contributed by atoms with Crippen LogP contribution < -0.4 is 5.73 Å². The van der Waals surface area contributed by atoms with Crippen LogP contribution in [-0.2, 0) is 14.8 Å². The Hall–Kier alpha value is -0.820. The van der Waals surface area contributed by atoms with Crippen molar-refractivity contribution in [3.8, 4) is 0 Å². The number of amidine groups is 1. The SMILES string of the molecule is CC1(O)CCCCC1.NC1=NS(=O)(=O)C2CCCCC2O1. The number of hydrogen-bond acceptors (Lipinski definition) is 5. The molecule has 3 rings (SSSR count). The lowest BCUT2D eigenvalue weighted by Gasteiger charge is -2.32. The number of ether oxygens (including phenoxy) is 1. The Labute approximate surface area is 126 Å². The zero-order chi connectivity index (χ0) is 15.5. The van der Waals surface area contributed by atoms with Crippen molar-refractivity contribution in [1.29, 1.82) is 0 Å². The number of hydrogen-bond donors (Lipinski definition) is 2. The second-order valence-electron chi connectivity index (χ2n) is 6.48. The van der Waals surface area contributed by atoms with Gasteiger partial charge in [0.15, 0.2) is 0 Å². The van der Waals surface area contributed by atoms with Gasteiger partial charge < -0.3 is 15.6 Å². The number of rotatable bonds is 0. The third kappa shape index (κ3) is 4.57. The molecule has 2 unspecified atom stereocenters. The van der Waals surface area contributed by atoms with Gasteiger partial charge in [0, 0.05) is 0 Å². The fraction of sp³-hybridized carbons (Fsp3) is 0.929. The van der Waals surface area contributed by atoms with E-state index in [1.54, 1.807) is 0 Å². The van der Waals surface area contributed by atoms with Gasteiger partial charge in [-0.25, -0.2) is 8.42 Å². The largest absolute Gasteiger partial charge is 0.460 e. The van der Waals surface area contributed by atoms with E-state index in [9.17, 15) is 13.5 Å². The van der Waals surface area contributed by atoms with Crippen molar-refractivity contribution in [2.75, 3.05) is 0 Å². The molecule has 0 radical (unpaired) electrons. The molecule has 0 bridgehead atoms. The molecule has 3 aliphatic rings. The molecule has 2 saturated carbocycles. The quantitative estimate of drug-likeness (QED) is 0.707. The Balaban J connectivity index is 0.000000173. The number of nitrogens with two attached hydrogens (primary N) is 1. The minimum absolute atomic E-state index is 0.205. The first kappa shape index (κ1) is 16.5. The molecule has 0 amide bonds. The van der Waals surface area contributed by atoms with Gasteiger partial charge in [0.05, 0.1) is 5.60 Å². The van der Waals surface area contributed by atoms with E-state index in [1.807, 2.05) is 6.92 Å². The summed E-state index contributed by atoms with van der Waals surface area (Å²) in [5.41, 5.74) is 4.94. The third-order valence-corrected chi connectivity index (χ3v) is 6.18. The lowest BCUT2D eigenvalue weighted by atomic mass is 9.87. The minimum atomic E-state index is -3.39. The summed E-state index contributed by atoms with van der Waals surface area (Å²) in [4.78, 5) is 0.